The van der Waals surface area contributed by atoms with E-state index in [2.05, 4.69) is 5.16 Å². The normalized spacial score (nSPS) is 15.5. The van der Waals surface area contributed by atoms with Gasteiger partial charge in [0.25, 0.3) is 10.0 Å². The Morgan fingerprint density at radius 2 is 1.88 bits per heavy atom. The summed E-state index contributed by atoms with van der Waals surface area (Å²) in [6.07, 6.45) is 0.723. The third kappa shape index (κ3) is 3.73. The van der Waals surface area contributed by atoms with Crippen molar-refractivity contribution in [2.75, 3.05) is 22.9 Å². The summed E-state index contributed by atoms with van der Waals surface area (Å²) in [7, 11) is -2.59. The van der Waals surface area contributed by atoms with Crippen molar-refractivity contribution in [1.82, 2.24) is 5.16 Å². The van der Waals surface area contributed by atoms with Gasteiger partial charge in [-0.25, -0.2) is 8.42 Å². The number of fused-ring (bicyclic) bond motifs is 1. The molecule has 3 aromatic rings. The van der Waals surface area contributed by atoms with Crippen molar-refractivity contribution >= 4 is 27.3 Å². The van der Waals surface area contributed by atoms with Gasteiger partial charge in [-0.3, -0.25) is 9.10 Å². The summed E-state index contributed by atoms with van der Waals surface area (Å²) in [4.78, 5) is 15.1. The molecule has 1 aromatic heterocycles. The van der Waals surface area contributed by atoms with E-state index in [4.69, 9.17) is 9.26 Å². The fourth-order valence-electron chi connectivity index (χ4n) is 4.16. The molecule has 1 aliphatic heterocycles. The first-order valence-corrected chi connectivity index (χ1v) is 11.7. The van der Waals surface area contributed by atoms with Crippen molar-refractivity contribution in [3.8, 4) is 5.75 Å². The second kappa shape index (κ2) is 8.31. The standard InChI is InChI=1S/C23H25N3O5S/c1-15-13-18-7-5-6-8-21(18)26(15)22(27)14-25(19-9-11-20(30-4)12-10-19)32(28,29)23-16(2)24-31-17(23)3/h5-12,15H,13-14H2,1-4H3/t15-/m0/s1. The number of benzene rings is 2. The van der Waals surface area contributed by atoms with Crippen LogP contribution in [0.1, 0.15) is 23.9 Å². The molecule has 2 heterocycles. The lowest BCUT2D eigenvalue weighted by atomic mass is 10.1. The van der Waals surface area contributed by atoms with Crippen LogP contribution in [-0.2, 0) is 21.2 Å². The van der Waals surface area contributed by atoms with Gasteiger partial charge in [-0.05, 0) is 63.1 Å². The van der Waals surface area contributed by atoms with Gasteiger partial charge in [0, 0.05) is 11.7 Å². The molecule has 2 aromatic carbocycles. The number of aromatic nitrogens is 1. The average molecular weight is 456 g/mol. The average Bonchev–Trinajstić information content (AvgIpc) is 3.29. The third-order valence-corrected chi connectivity index (χ3v) is 7.65. The molecule has 0 saturated heterocycles. The molecule has 1 amide bonds. The van der Waals surface area contributed by atoms with Crippen LogP contribution in [0.15, 0.2) is 57.9 Å². The van der Waals surface area contributed by atoms with Crippen LogP contribution in [-0.4, -0.2) is 39.2 Å². The highest BCUT2D eigenvalue weighted by Gasteiger charge is 2.37. The van der Waals surface area contributed by atoms with Gasteiger partial charge < -0.3 is 14.2 Å². The summed E-state index contributed by atoms with van der Waals surface area (Å²) in [5.41, 5.74) is 2.47. The lowest BCUT2D eigenvalue weighted by molar-refractivity contribution is -0.117. The Morgan fingerprint density at radius 1 is 1.19 bits per heavy atom. The number of para-hydroxylation sites is 1. The number of rotatable bonds is 6. The van der Waals surface area contributed by atoms with E-state index in [9.17, 15) is 13.2 Å². The number of aryl methyl sites for hydroxylation is 2. The van der Waals surface area contributed by atoms with E-state index in [1.165, 1.54) is 7.11 Å². The molecule has 1 aliphatic rings. The van der Waals surface area contributed by atoms with Crippen molar-refractivity contribution in [2.24, 2.45) is 0 Å². The van der Waals surface area contributed by atoms with E-state index in [-0.39, 0.29) is 34.8 Å². The van der Waals surface area contributed by atoms with Crippen molar-refractivity contribution in [3.05, 3.63) is 65.5 Å². The quantitative estimate of drug-likeness (QED) is 0.565. The molecule has 168 valence electrons. The fraction of sp³-hybridized carbons (Fsp3) is 0.304. The van der Waals surface area contributed by atoms with Gasteiger partial charge in [0.1, 0.15) is 18.0 Å². The summed E-state index contributed by atoms with van der Waals surface area (Å²) < 4.78 is 38.8. The highest BCUT2D eigenvalue weighted by Crippen LogP contribution is 2.34. The van der Waals surface area contributed by atoms with Crippen LogP contribution in [0.5, 0.6) is 5.75 Å². The summed E-state index contributed by atoms with van der Waals surface area (Å²) in [5, 5.41) is 3.79. The number of amides is 1. The molecule has 8 nitrogen and oxygen atoms in total. The van der Waals surface area contributed by atoms with Gasteiger partial charge >= 0.3 is 0 Å². The first-order chi connectivity index (χ1) is 15.2. The Labute approximate surface area is 187 Å². The summed E-state index contributed by atoms with van der Waals surface area (Å²) in [6, 6.07) is 14.2. The molecule has 0 radical (unpaired) electrons. The zero-order chi connectivity index (χ0) is 23.0. The van der Waals surface area contributed by atoms with Crippen LogP contribution in [0.4, 0.5) is 11.4 Å². The number of anilines is 2. The molecule has 9 heteroatoms. The first-order valence-electron chi connectivity index (χ1n) is 10.2. The first kappa shape index (κ1) is 21.9. The minimum atomic E-state index is -4.12. The van der Waals surface area contributed by atoms with E-state index < -0.39 is 10.0 Å². The summed E-state index contributed by atoms with van der Waals surface area (Å²) in [5.74, 6) is 0.443. The van der Waals surface area contributed by atoms with Crippen molar-refractivity contribution in [2.45, 2.75) is 38.1 Å². The largest absolute Gasteiger partial charge is 0.497 e. The van der Waals surface area contributed by atoms with E-state index in [0.29, 0.717) is 11.4 Å². The third-order valence-electron chi connectivity index (χ3n) is 5.63. The zero-order valence-corrected chi connectivity index (χ0v) is 19.2. The lowest BCUT2D eigenvalue weighted by Crippen LogP contribution is -2.45. The molecule has 0 aliphatic carbocycles. The molecule has 1 atom stereocenters. The zero-order valence-electron chi connectivity index (χ0n) is 18.4. The van der Waals surface area contributed by atoms with Crippen molar-refractivity contribution < 1.29 is 22.5 Å². The maximum atomic E-state index is 13.7. The van der Waals surface area contributed by atoms with Crippen LogP contribution < -0.4 is 13.9 Å². The van der Waals surface area contributed by atoms with Gasteiger partial charge in [-0.2, -0.15) is 0 Å². The maximum absolute atomic E-state index is 13.7. The molecule has 32 heavy (non-hydrogen) atoms. The van der Waals surface area contributed by atoms with E-state index in [1.807, 2.05) is 31.2 Å². The number of ether oxygens (including phenoxy) is 1. The minimum Gasteiger partial charge on any atom is -0.497 e. The van der Waals surface area contributed by atoms with Gasteiger partial charge in [0.2, 0.25) is 5.91 Å². The van der Waals surface area contributed by atoms with Gasteiger partial charge in [-0.15, -0.1) is 0 Å². The van der Waals surface area contributed by atoms with E-state index in [1.54, 1.807) is 43.0 Å². The van der Waals surface area contributed by atoms with Crippen LogP contribution in [0, 0.1) is 13.8 Å². The lowest BCUT2D eigenvalue weighted by Gasteiger charge is -2.28. The van der Waals surface area contributed by atoms with Crippen molar-refractivity contribution in [1.29, 1.82) is 0 Å². The summed E-state index contributed by atoms with van der Waals surface area (Å²) >= 11 is 0. The van der Waals surface area contributed by atoms with Crippen LogP contribution in [0.2, 0.25) is 0 Å². The van der Waals surface area contributed by atoms with Gasteiger partial charge in [0.15, 0.2) is 10.7 Å². The van der Waals surface area contributed by atoms with Crippen molar-refractivity contribution in [3.63, 3.8) is 0 Å². The molecule has 0 unspecified atom stereocenters. The Bertz CT molecular complexity index is 1230. The number of hydrogen-bond acceptors (Lipinski definition) is 6. The smallest absolute Gasteiger partial charge is 0.270 e. The maximum Gasteiger partial charge on any atom is 0.270 e. The second-order valence-corrected chi connectivity index (χ2v) is 9.61. The number of sulfonamides is 1. The fourth-order valence-corrected chi connectivity index (χ4v) is 5.87. The van der Waals surface area contributed by atoms with Gasteiger partial charge in [-0.1, -0.05) is 23.4 Å². The molecule has 0 N–H and O–H groups in total. The molecule has 0 saturated carbocycles. The van der Waals surface area contributed by atoms with E-state index in [0.717, 1.165) is 22.0 Å². The molecule has 0 bridgehead atoms. The highest BCUT2D eigenvalue weighted by molar-refractivity contribution is 7.93. The Balaban J connectivity index is 1.75. The SMILES string of the molecule is COc1ccc(N(CC(=O)N2c3ccccc3C[C@@H]2C)S(=O)(=O)c2c(C)noc2C)cc1. The monoisotopic (exact) mass is 455 g/mol. The topological polar surface area (TPSA) is 93.0 Å². The Hall–Kier alpha value is -3.33. The van der Waals surface area contributed by atoms with Gasteiger partial charge in [0.05, 0.1) is 12.8 Å². The van der Waals surface area contributed by atoms with Crippen LogP contribution in [0.25, 0.3) is 0 Å². The van der Waals surface area contributed by atoms with E-state index >= 15 is 0 Å². The highest BCUT2D eigenvalue weighted by atomic mass is 32.2. The Morgan fingerprint density at radius 3 is 2.50 bits per heavy atom. The second-order valence-electron chi connectivity index (χ2n) is 7.81. The molecule has 4 rings (SSSR count). The molecule has 0 fully saturated rings. The minimum absolute atomic E-state index is 0.0315. The summed E-state index contributed by atoms with van der Waals surface area (Å²) in [6.45, 7) is 4.70. The number of carbonyl (C=O) groups is 1. The predicted molar refractivity (Wildman–Crippen MR) is 121 cm³/mol. The molecule has 0 spiro atoms. The van der Waals surface area contributed by atoms with Crippen LogP contribution >= 0.6 is 0 Å². The number of hydrogen-bond donors (Lipinski definition) is 0. The molecular weight excluding hydrogens is 430 g/mol. The molecular formula is C23H25N3O5S. The predicted octanol–water partition coefficient (Wildman–Crippen LogP) is 3.47. The number of methoxy groups -OCH3 is 1. The van der Waals surface area contributed by atoms with Crippen LogP contribution in [0.3, 0.4) is 0 Å². The number of nitrogens with zero attached hydrogens (tertiary/aromatic N) is 3. The Kier molecular flexibility index (Phi) is 5.68. The number of carbonyl (C=O) groups excluding carboxylic acids is 1.